The third-order valence-corrected chi connectivity index (χ3v) is 3.95. The van der Waals surface area contributed by atoms with Crippen LogP contribution in [0.25, 0.3) is 0 Å². The van der Waals surface area contributed by atoms with Gasteiger partial charge in [0.25, 0.3) is 0 Å². The number of nitrogens with two attached hydrogens (primary N) is 1. The lowest BCUT2D eigenvalue weighted by molar-refractivity contribution is 0.433. The molecule has 0 spiro atoms. The fourth-order valence-electron chi connectivity index (χ4n) is 1.92. The van der Waals surface area contributed by atoms with Crippen LogP contribution in [0.3, 0.4) is 0 Å². The van der Waals surface area contributed by atoms with Gasteiger partial charge in [0, 0.05) is 10.5 Å². The SMILES string of the molecule is CCC(N)Cc1cccc(F)c1Oc1ccc(Br)cc1Cl. The number of para-hydroxylation sites is 1. The van der Waals surface area contributed by atoms with Gasteiger partial charge in [-0.15, -0.1) is 0 Å². The summed E-state index contributed by atoms with van der Waals surface area (Å²) in [6.45, 7) is 2.00. The molecule has 0 aliphatic rings. The predicted octanol–water partition coefficient (Wildman–Crippen LogP) is 5.31. The molecule has 0 bridgehead atoms. The van der Waals surface area contributed by atoms with E-state index in [-0.39, 0.29) is 11.8 Å². The maximum absolute atomic E-state index is 14.1. The zero-order chi connectivity index (χ0) is 15.4. The third kappa shape index (κ3) is 4.19. The summed E-state index contributed by atoms with van der Waals surface area (Å²) in [7, 11) is 0. The van der Waals surface area contributed by atoms with Crippen molar-refractivity contribution in [3.05, 3.63) is 57.3 Å². The zero-order valence-electron chi connectivity index (χ0n) is 11.6. The van der Waals surface area contributed by atoms with Gasteiger partial charge in [0.05, 0.1) is 5.02 Å². The average Bonchev–Trinajstić information content (AvgIpc) is 2.44. The van der Waals surface area contributed by atoms with Crippen LogP contribution in [0, 0.1) is 5.82 Å². The van der Waals surface area contributed by atoms with Gasteiger partial charge < -0.3 is 10.5 Å². The molecule has 2 N–H and O–H groups in total. The molecule has 2 rings (SSSR count). The Labute approximate surface area is 137 Å². The molecule has 5 heteroatoms. The Morgan fingerprint density at radius 2 is 2.10 bits per heavy atom. The van der Waals surface area contributed by atoms with Crippen LogP contribution in [-0.2, 0) is 6.42 Å². The zero-order valence-corrected chi connectivity index (χ0v) is 13.9. The summed E-state index contributed by atoms with van der Waals surface area (Å²) in [5, 5.41) is 0.415. The fraction of sp³-hybridized carbons (Fsp3) is 0.250. The standard InChI is InChI=1S/C16H16BrClFNO/c1-2-12(20)8-10-4-3-5-14(19)16(10)21-15-7-6-11(17)9-13(15)18/h3-7,9,12H,2,8,20H2,1H3. The quantitative estimate of drug-likeness (QED) is 0.771. The molecular weight excluding hydrogens is 357 g/mol. The fourth-order valence-corrected chi connectivity index (χ4v) is 2.64. The van der Waals surface area contributed by atoms with Crippen molar-refractivity contribution >= 4 is 27.5 Å². The number of rotatable bonds is 5. The van der Waals surface area contributed by atoms with Crippen molar-refractivity contribution < 1.29 is 9.13 Å². The maximum Gasteiger partial charge on any atom is 0.166 e. The molecule has 0 radical (unpaired) electrons. The summed E-state index contributed by atoms with van der Waals surface area (Å²) in [5.41, 5.74) is 6.70. The molecule has 2 aromatic rings. The van der Waals surface area contributed by atoms with Crippen molar-refractivity contribution in [3.63, 3.8) is 0 Å². The maximum atomic E-state index is 14.1. The minimum atomic E-state index is -0.421. The predicted molar refractivity (Wildman–Crippen MR) is 87.6 cm³/mol. The van der Waals surface area contributed by atoms with Crippen molar-refractivity contribution in [2.45, 2.75) is 25.8 Å². The van der Waals surface area contributed by atoms with Crippen molar-refractivity contribution in [1.29, 1.82) is 0 Å². The molecule has 2 nitrogen and oxygen atoms in total. The van der Waals surface area contributed by atoms with Crippen molar-refractivity contribution in [2.75, 3.05) is 0 Å². The summed E-state index contributed by atoms with van der Waals surface area (Å²) in [5.74, 6) is 0.177. The highest BCUT2D eigenvalue weighted by Gasteiger charge is 2.14. The molecule has 0 saturated carbocycles. The van der Waals surface area contributed by atoms with E-state index < -0.39 is 5.82 Å². The molecule has 0 saturated heterocycles. The van der Waals surface area contributed by atoms with Crippen LogP contribution >= 0.6 is 27.5 Å². The van der Waals surface area contributed by atoms with Gasteiger partial charge in [-0.05, 0) is 42.7 Å². The van der Waals surface area contributed by atoms with Crippen LogP contribution in [0.1, 0.15) is 18.9 Å². The molecule has 0 aromatic heterocycles. The van der Waals surface area contributed by atoms with Crippen molar-refractivity contribution in [2.24, 2.45) is 5.73 Å². The summed E-state index contributed by atoms with van der Waals surface area (Å²) < 4.78 is 20.6. The largest absolute Gasteiger partial charge is 0.452 e. The van der Waals surface area contributed by atoms with Gasteiger partial charge in [0.1, 0.15) is 5.75 Å². The topological polar surface area (TPSA) is 35.2 Å². The van der Waals surface area contributed by atoms with Gasteiger partial charge in [-0.3, -0.25) is 0 Å². The second kappa shape index (κ2) is 7.25. The second-order valence-corrected chi connectivity index (χ2v) is 6.10. The first-order valence-electron chi connectivity index (χ1n) is 6.67. The molecule has 21 heavy (non-hydrogen) atoms. The van der Waals surface area contributed by atoms with E-state index in [4.69, 9.17) is 22.1 Å². The van der Waals surface area contributed by atoms with E-state index in [2.05, 4.69) is 15.9 Å². The number of hydrogen-bond acceptors (Lipinski definition) is 2. The van der Waals surface area contributed by atoms with E-state index in [9.17, 15) is 4.39 Å². The summed E-state index contributed by atoms with van der Waals surface area (Å²) in [6, 6.07) is 10.00. The van der Waals surface area contributed by atoms with Gasteiger partial charge in [-0.2, -0.15) is 0 Å². The van der Waals surface area contributed by atoms with E-state index in [1.807, 2.05) is 13.0 Å². The number of ether oxygens (including phenoxy) is 1. The van der Waals surface area contributed by atoms with Crippen LogP contribution in [0.15, 0.2) is 40.9 Å². The Balaban J connectivity index is 2.34. The highest BCUT2D eigenvalue weighted by atomic mass is 79.9. The summed E-state index contributed by atoms with van der Waals surface area (Å²) in [6.07, 6.45) is 1.37. The van der Waals surface area contributed by atoms with Gasteiger partial charge in [0.2, 0.25) is 0 Å². The first-order valence-corrected chi connectivity index (χ1v) is 7.84. The minimum Gasteiger partial charge on any atom is -0.452 e. The highest BCUT2D eigenvalue weighted by molar-refractivity contribution is 9.10. The lowest BCUT2D eigenvalue weighted by Gasteiger charge is -2.15. The van der Waals surface area contributed by atoms with Crippen molar-refractivity contribution in [1.82, 2.24) is 0 Å². The van der Waals surface area contributed by atoms with Gasteiger partial charge >= 0.3 is 0 Å². The molecule has 2 aromatic carbocycles. The average molecular weight is 373 g/mol. The molecule has 1 atom stereocenters. The van der Waals surface area contributed by atoms with Gasteiger partial charge in [-0.1, -0.05) is 46.6 Å². The van der Waals surface area contributed by atoms with Crippen LogP contribution in [0.4, 0.5) is 4.39 Å². The van der Waals surface area contributed by atoms with Crippen LogP contribution in [0.2, 0.25) is 5.02 Å². The Hall–Kier alpha value is -1.10. The Bertz CT molecular complexity index is 636. The van der Waals surface area contributed by atoms with E-state index in [1.165, 1.54) is 6.07 Å². The Kier molecular flexibility index (Phi) is 5.62. The van der Waals surface area contributed by atoms with Gasteiger partial charge in [0.15, 0.2) is 11.6 Å². The Morgan fingerprint density at radius 1 is 1.33 bits per heavy atom. The molecule has 1 unspecified atom stereocenters. The molecular formula is C16H16BrClFNO. The van der Waals surface area contributed by atoms with Crippen LogP contribution in [0.5, 0.6) is 11.5 Å². The third-order valence-electron chi connectivity index (χ3n) is 3.16. The molecule has 0 aliphatic heterocycles. The lowest BCUT2D eigenvalue weighted by atomic mass is 10.0. The van der Waals surface area contributed by atoms with Crippen LogP contribution < -0.4 is 10.5 Å². The first kappa shape index (κ1) is 16.3. The number of halogens is 3. The highest BCUT2D eigenvalue weighted by Crippen LogP contribution is 2.35. The summed E-state index contributed by atoms with van der Waals surface area (Å²) >= 11 is 9.44. The lowest BCUT2D eigenvalue weighted by Crippen LogP contribution is -2.21. The van der Waals surface area contributed by atoms with Crippen LogP contribution in [-0.4, -0.2) is 6.04 Å². The van der Waals surface area contributed by atoms with E-state index in [0.29, 0.717) is 17.2 Å². The Morgan fingerprint density at radius 3 is 2.76 bits per heavy atom. The van der Waals surface area contributed by atoms with Crippen molar-refractivity contribution in [3.8, 4) is 11.5 Å². The smallest absolute Gasteiger partial charge is 0.166 e. The molecule has 112 valence electrons. The molecule has 0 amide bonds. The first-order chi connectivity index (χ1) is 10.0. The molecule has 0 fully saturated rings. The summed E-state index contributed by atoms with van der Waals surface area (Å²) in [4.78, 5) is 0. The van der Waals surface area contributed by atoms with Gasteiger partial charge in [-0.25, -0.2) is 4.39 Å². The second-order valence-electron chi connectivity index (χ2n) is 4.78. The number of benzene rings is 2. The number of hydrogen-bond donors (Lipinski definition) is 1. The van der Waals surface area contributed by atoms with E-state index >= 15 is 0 Å². The minimum absolute atomic E-state index is 0.0328. The monoisotopic (exact) mass is 371 g/mol. The normalized spacial score (nSPS) is 12.2. The molecule has 0 aliphatic carbocycles. The van der Waals surface area contributed by atoms with E-state index in [1.54, 1.807) is 24.3 Å². The molecule has 0 heterocycles. The van der Waals surface area contributed by atoms with E-state index in [0.717, 1.165) is 16.5 Å².